The van der Waals surface area contributed by atoms with Gasteiger partial charge in [-0.1, -0.05) is 156 Å². The van der Waals surface area contributed by atoms with Gasteiger partial charge in [-0.25, -0.2) is 15.0 Å². The van der Waals surface area contributed by atoms with Crippen molar-refractivity contribution < 1.29 is 0 Å². The second-order valence-electron chi connectivity index (χ2n) is 26.4. The van der Waals surface area contributed by atoms with Gasteiger partial charge in [-0.2, -0.15) is 15.8 Å². The predicted octanol–water partition coefficient (Wildman–Crippen LogP) is 19.2. The smallest absolute Gasteiger partial charge is 0.166 e. The summed E-state index contributed by atoms with van der Waals surface area (Å²) in [5.41, 5.74) is 17.8. The highest BCUT2D eigenvalue weighted by Crippen LogP contribution is 2.44. The Morgan fingerprint density at radius 3 is 1.08 bits per heavy atom. The number of nitrogens with zero attached hydrogens (tertiary/aromatic N) is 8. The Morgan fingerprint density at radius 1 is 0.298 bits per heavy atom. The molecular formula is C76H66N8. The zero-order valence-corrected chi connectivity index (χ0v) is 49.9. The highest BCUT2D eigenvalue weighted by atomic mass is 15.1. The van der Waals surface area contributed by atoms with E-state index >= 15 is 0 Å². The van der Waals surface area contributed by atoms with Gasteiger partial charge in [-0.15, -0.1) is 0 Å². The van der Waals surface area contributed by atoms with Crippen LogP contribution >= 0.6 is 0 Å². The molecule has 12 aromatic rings. The van der Waals surface area contributed by atoms with Crippen LogP contribution in [0.3, 0.4) is 0 Å². The number of para-hydroxylation sites is 2. The van der Waals surface area contributed by atoms with E-state index in [1.807, 2.05) is 72.8 Å². The van der Waals surface area contributed by atoms with E-state index in [0.29, 0.717) is 34.2 Å². The minimum absolute atomic E-state index is 0.181. The average Bonchev–Trinajstić information content (AvgIpc) is 3.13. The Bertz CT molecular complexity index is 4630. The summed E-state index contributed by atoms with van der Waals surface area (Å²) in [5.74, 6) is 1.62. The molecule has 0 N–H and O–H groups in total. The number of hydrogen-bond donors (Lipinski definition) is 0. The highest BCUT2D eigenvalue weighted by Gasteiger charge is 2.28. The molecule has 12 rings (SSSR count). The lowest BCUT2D eigenvalue weighted by atomic mass is 9.79. The molecule has 410 valence electrons. The predicted molar refractivity (Wildman–Crippen MR) is 345 cm³/mol. The number of fused-ring (bicyclic) bond motifs is 6. The Morgan fingerprint density at radius 2 is 0.655 bits per heavy atom. The summed E-state index contributed by atoms with van der Waals surface area (Å²) in [6.07, 6.45) is 0. The van der Waals surface area contributed by atoms with Crippen LogP contribution in [0.2, 0.25) is 0 Å². The average molecular weight is 1090 g/mol. The van der Waals surface area contributed by atoms with Crippen LogP contribution in [0.1, 0.15) is 122 Å². The minimum Gasteiger partial charge on any atom is -0.309 e. The van der Waals surface area contributed by atoms with Crippen molar-refractivity contribution in [3.8, 4) is 86.0 Å². The fourth-order valence-electron chi connectivity index (χ4n) is 11.6. The maximum Gasteiger partial charge on any atom is 0.166 e. The molecule has 3 heterocycles. The van der Waals surface area contributed by atoms with Crippen molar-refractivity contribution in [2.24, 2.45) is 0 Å². The van der Waals surface area contributed by atoms with Gasteiger partial charge < -0.3 is 9.13 Å². The molecule has 84 heavy (non-hydrogen) atoms. The van der Waals surface area contributed by atoms with Gasteiger partial charge >= 0.3 is 0 Å². The highest BCUT2D eigenvalue weighted by molar-refractivity contribution is 6.11. The molecule has 8 nitrogen and oxygen atoms in total. The molecule has 0 fully saturated rings. The topological polar surface area (TPSA) is 120 Å². The first-order valence-electron chi connectivity index (χ1n) is 28.7. The van der Waals surface area contributed by atoms with Crippen LogP contribution in [-0.2, 0) is 21.7 Å². The monoisotopic (exact) mass is 1090 g/mol. The van der Waals surface area contributed by atoms with Crippen LogP contribution in [0.5, 0.6) is 0 Å². The van der Waals surface area contributed by atoms with Crippen LogP contribution in [0.15, 0.2) is 182 Å². The molecule has 0 aliphatic heterocycles. The first-order valence-corrected chi connectivity index (χ1v) is 28.7. The summed E-state index contributed by atoms with van der Waals surface area (Å²) in [5, 5.41) is 34.2. The fourth-order valence-corrected chi connectivity index (χ4v) is 11.6. The molecule has 0 bridgehead atoms. The normalized spacial score (nSPS) is 12.2. The molecule has 0 aliphatic carbocycles. The fraction of sp³-hybridized carbons (Fsp3) is 0.211. The first kappa shape index (κ1) is 54.6. The largest absolute Gasteiger partial charge is 0.309 e. The molecule has 0 aliphatic rings. The van der Waals surface area contributed by atoms with E-state index < -0.39 is 0 Å². The van der Waals surface area contributed by atoms with Crippen molar-refractivity contribution in [2.45, 2.75) is 105 Å². The SMILES string of the molecule is CC(C)(C)c1cc(-c2nc(-c3cc(C(C)(C)C)cc(C(C)(C)C)c3)nc(-c3cc(-c4cc(-c5ccc(C#N)cc5)ccc4-n4c5ccccc5c5cc(C#N)ccc54)ccc3-n3c4ccccc4c4cc(C#N)ccc43)n2)cc(C(C)(C)C)c1. The van der Waals surface area contributed by atoms with E-state index in [-0.39, 0.29) is 21.7 Å². The zero-order chi connectivity index (χ0) is 59.2. The summed E-state index contributed by atoms with van der Waals surface area (Å²) in [7, 11) is 0. The van der Waals surface area contributed by atoms with Gasteiger partial charge in [0.2, 0.25) is 0 Å². The number of aromatic nitrogens is 5. The second kappa shape index (κ2) is 20.2. The van der Waals surface area contributed by atoms with E-state index in [9.17, 15) is 15.8 Å². The minimum atomic E-state index is -0.181. The van der Waals surface area contributed by atoms with Crippen molar-refractivity contribution in [2.75, 3.05) is 0 Å². The summed E-state index contributed by atoms with van der Waals surface area (Å²) >= 11 is 0. The Labute approximate surface area is 492 Å². The van der Waals surface area contributed by atoms with E-state index in [2.05, 4.69) is 220 Å². The third-order valence-electron chi connectivity index (χ3n) is 16.5. The van der Waals surface area contributed by atoms with Crippen LogP contribution in [0.25, 0.3) is 111 Å². The lowest BCUT2D eigenvalue weighted by molar-refractivity contribution is 0.568. The maximum atomic E-state index is 10.3. The standard InChI is InChI=1S/C76H66N8/c1-73(2,3)54-35-52(36-55(41-54)74(4,5)6)70-80-71(53-37-56(75(7,8)9)42-57(38-53)76(10,11)12)82-72(81-70)63-40-51(28-32-69(63)84-65-20-16-14-18-59(65)62-34-48(45-79)24-30-68(62)84)60-39-50(49-25-21-46(43-77)22-26-49)27-31-66(60)83-64-19-15-13-17-58(64)61-33-47(44-78)23-29-67(61)83/h13-42H,1-12H3. The van der Waals surface area contributed by atoms with E-state index in [1.165, 1.54) is 22.3 Å². The Kier molecular flexibility index (Phi) is 13.1. The molecule has 0 amide bonds. The summed E-state index contributed by atoms with van der Waals surface area (Å²) in [6, 6.07) is 70.3. The van der Waals surface area contributed by atoms with Crippen molar-refractivity contribution in [1.29, 1.82) is 15.8 Å². The Balaban J connectivity index is 1.23. The number of rotatable bonds is 7. The van der Waals surface area contributed by atoms with Crippen molar-refractivity contribution in [3.05, 3.63) is 221 Å². The third-order valence-corrected chi connectivity index (χ3v) is 16.5. The van der Waals surface area contributed by atoms with Crippen molar-refractivity contribution >= 4 is 43.6 Å². The van der Waals surface area contributed by atoms with Crippen LogP contribution < -0.4 is 0 Å². The molecule has 0 radical (unpaired) electrons. The van der Waals surface area contributed by atoms with Gasteiger partial charge in [0.25, 0.3) is 0 Å². The molecule has 0 saturated carbocycles. The van der Waals surface area contributed by atoms with Crippen LogP contribution in [0, 0.1) is 34.0 Å². The van der Waals surface area contributed by atoms with E-state index in [0.717, 1.165) is 93.9 Å². The Hall–Kier alpha value is -9.94. The van der Waals surface area contributed by atoms with Gasteiger partial charge in [0.05, 0.1) is 68.3 Å². The molecule has 0 spiro atoms. The van der Waals surface area contributed by atoms with E-state index in [1.54, 1.807) is 0 Å². The second-order valence-corrected chi connectivity index (χ2v) is 26.4. The summed E-state index contributed by atoms with van der Waals surface area (Å²) in [6.45, 7) is 27.1. The van der Waals surface area contributed by atoms with Crippen molar-refractivity contribution in [1.82, 2.24) is 24.1 Å². The van der Waals surface area contributed by atoms with Gasteiger partial charge in [-0.05, 0) is 170 Å². The molecule has 0 atom stereocenters. The van der Waals surface area contributed by atoms with Crippen molar-refractivity contribution in [3.63, 3.8) is 0 Å². The number of hydrogen-bond acceptors (Lipinski definition) is 6. The molecule has 0 saturated heterocycles. The summed E-state index contributed by atoms with van der Waals surface area (Å²) < 4.78 is 4.60. The first-order chi connectivity index (χ1) is 40.0. The van der Waals surface area contributed by atoms with Gasteiger partial charge in [0.15, 0.2) is 17.5 Å². The molecule has 3 aromatic heterocycles. The lowest BCUT2D eigenvalue weighted by Gasteiger charge is -2.26. The molecular weight excluding hydrogens is 1020 g/mol. The zero-order valence-electron chi connectivity index (χ0n) is 49.9. The molecule has 9 aromatic carbocycles. The van der Waals surface area contributed by atoms with E-state index in [4.69, 9.17) is 15.0 Å². The number of benzene rings is 9. The van der Waals surface area contributed by atoms with Crippen LogP contribution in [0.4, 0.5) is 0 Å². The molecule has 8 heteroatoms. The third kappa shape index (κ3) is 9.86. The summed E-state index contributed by atoms with van der Waals surface area (Å²) in [4.78, 5) is 16.9. The lowest BCUT2D eigenvalue weighted by Crippen LogP contribution is -2.17. The van der Waals surface area contributed by atoms with Crippen LogP contribution in [-0.4, -0.2) is 24.1 Å². The van der Waals surface area contributed by atoms with Gasteiger partial charge in [0.1, 0.15) is 0 Å². The van der Waals surface area contributed by atoms with Gasteiger partial charge in [0, 0.05) is 43.8 Å². The number of nitriles is 3. The quantitative estimate of drug-likeness (QED) is 0.157. The molecule has 0 unspecified atom stereocenters. The maximum absolute atomic E-state index is 10.3. The van der Waals surface area contributed by atoms with Gasteiger partial charge in [-0.3, -0.25) is 0 Å².